The van der Waals surface area contributed by atoms with E-state index >= 15 is 0 Å². The summed E-state index contributed by atoms with van der Waals surface area (Å²) < 4.78 is 19.4. The summed E-state index contributed by atoms with van der Waals surface area (Å²) in [7, 11) is -4.50. The van der Waals surface area contributed by atoms with Gasteiger partial charge in [0.1, 0.15) is 6.10 Å². The van der Waals surface area contributed by atoms with Gasteiger partial charge in [0.2, 0.25) is 0 Å². The van der Waals surface area contributed by atoms with E-state index in [0.29, 0.717) is 0 Å². The van der Waals surface area contributed by atoms with Gasteiger partial charge < -0.3 is 30.7 Å². The molecule has 0 fully saturated rings. The van der Waals surface area contributed by atoms with Crippen molar-refractivity contribution in [2.24, 2.45) is 5.73 Å². The Hall–Kier alpha value is 0.460. The largest absolute Gasteiger partial charge is 1.00 e. The SMILES string of the molecule is N[C@@H](COP(=O)(O)OC[C@H](O)CO)C(=O)[O-].[Na+]. The standard InChI is InChI=1S/C6H14NO8P.Na/c7-5(6(10)11)3-15-16(12,13)14-2-4(9)1-8;/h4-5,8-9H,1-3,7H2,(H,10,11)(H,12,13);/q;+1/p-1/t4-,5+;/m1./s1. The molecule has 0 rings (SSSR count). The summed E-state index contributed by atoms with van der Waals surface area (Å²) >= 11 is 0. The molecule has 0 aliphatic heterocycles. The summed E-state index contributed by atoms with van der Waals surface area (Å²) in [4.78, 5) is 19.1. The van der Waals surface area contributed by atoms with Gasteiger partial charge in [-0.15, -0.1) is 0 Å². The number of aliphatic hydroxyl groups excluding tert-OH is 2. The number of phosphoric acid groups is 1. The van der Waals surface area contributed by atoms with Crippen LogP contribution in [0.4, 0.5) is 0 Å². The van der Waals surface area contributed by atoms with Crippen LogP contribution in [0.15, 0.2) is 0 Å². The van der Waals surface area contributed by atoms with Gasteiger partial charge in [-0.3, -0.25) is 9.05 Å². The van der Waals surface area contributed by atoms with E-state index in [4.69, 9.17) is 20.8 Å². The normalized spacial score (nSPS) is 17.6. The van der Waals surface area contributed by atoms with Gasteiger partial charge in [0.05, 0.1) is 31.8 Å². The first-order valence-electron chi connectivity index (χ1n) is 4.15. The average molecular weight is 281 g/mol. The summed E-state index contributed by atoms with van der Waals surface area (Å²) in [5, 5.41) is 27.3. The van der Waals surface area contributed by atoms with Crippen LogP contribution in [0.25, 0.3) is 0 Å². The number of carboxylic acids is 1. The molecule has 96 valence electrons. The predicted octanol–water partition coefficient (Wildman–Crippen LogP) is -6.45. The van der Waals surface area contributed by atoms with Crippen molar-refractivity contribution in [2.75, 3.05) is 19.8 Å². The van der Waals surface area contributed by atoms with Gasteiger partial charge >= 0.3 is 37.4 Å². The zero-order valence-corrected chi connectivity index (χ0v) is 12.1. The Morgan fingerprint density at radius 1 is 1.41 bits per heavy atom. The van der Waals surface area contributed by atoms with Crippen LogP contribution in [0.3, 0.4) is 0 Å². The monoisotopic (exact) mass is 281 g/mol. The number of hydrogen-bond acceptors (Lipinski definition) is 8. The molecule has 0 saturated carbocycles. The van der Waals surface area contributed by atoms with E-state index in [2.05, 4.69) is 9.05 Å². The van der Waals surface area contributed by atoms with Crippen molar-refractivity contribution < 1.29 is 68.2 Å². The van der Waals surface area contributed by atoms with Crippen molar-refractivity contribution in [2.45, 2.75) is 12.1 Å². The molecule has 11 heteroatoms. The van der Waals surface area contributed by atoms with E-state index in [0.717, 1.165) is 0 Å². The smallest absolute Gasteiger partial charge is 0.548 e. The third kappa shape index (κ3) is 10.1. The van der Waals surface area contributed by atoms with E-state index in [9.17, 15) is 14.5 Å². The van der Waals surface area contributed by atoms with Crippen LogP contribution >= 0.6 is 7.82 Å². The Morgan fingerprint density at radius 2 is 1.88 bits per heavy atom. The zero-order valence-electron chi connectivity index (χ0n) is 9.18. The number of carboxylic acid groups (broad SMARTS) is 1. The number of nitrogens with two attached hydrogens (primary N) is 1. The molecular weight excluding hydrogens is 268 g/mol. The molecule has 0 aromatic heterocycles. The minimum atomic E-state index is -4.50. The average Bonchev–Trinajstić information content (AvgIpc) is 2.22. The van der Waals surface area contributed by atoms with Crippen molar-refractivity contribution in [1.82, 2.24) is 0 Å². The van der Waals surface area contributed by atoms with Gasteiger partial charge in [0.15, 0.2) is 0 Å². The Balaban J connectivity index is 0. The summed E-state index contributed by atoms with van der Waals surface area (Å²) in [6.07, 6.45) is -1.33. The summed E-state index contributed by atoms with van der Waals surface area (Å²) in [5.74, 6) is -1.64. The third-order valence-electron chi connectivity index (χ3n) is 1.36. The minimum Gasteiger partial charge on any atom is -0.548 e. The molecule has 17 heavy (non-hydrogen) atoms. The molecule has 0 saturated heterocycles. The number of aliphatic hydroxyl groups is 2. The molecule has 5 N–H and O–H groups in total. The van der Waals surface area contributed by atoms with E-state index in [1.54, 1.807) is 0 Å². The fourth-order valence-corrected chi connectivity index (χ4v) is 1.30. The molecule has 0 spiro atoms. The maximum atomic E-state index is 11.0. The quantitative estimate of drug-likeness (QED) is 0.250. The van der Waals surface area contributed by atoms with Crippen molar-refractivity contribution in [3.63, 3.8) is 0 Å². The number of aliphatic carboxylic acids is 1. The molecule has 0 aliphatic carbocycles. The molecule has 0 bridgehead atoms. The molecule has 0 aliphatic rings. The van der Waals surface area contributed by atoms with Crippen LogP contribution in [0, 0.1) is 0 Å². The van der Waals surface area contributed by atoms with Crippen LogP contribution in [-0.4, -0.2) is 53.0 Å². The van der Waals surface area contributed by atoms with Crippen molar-refractivity contribution >= 4 is 13.8 Å². The second-order valence-electron chi connectivity index (χ2n) is 2.82. The van der Waals surface area contributed by atoms with Gasteiger partial charge in [-0.1, -0.05) is 0 Å². The van der Waals surface area contributed by atoms with E-state index in [1.807, 2.05) is 0 Å². The van der Waals surface area contributed by atoms with Gasteiger partial charge in [0.25, 0.3) is 0 Å². The summed E-state index contributed by atoms with van der Waals surface area (Å²) in [6.45, 7) is -2.06. The Bertz CT molecular complexity index is 277. The second kappa shape index (κ2) is 9.40. The molecule has 0 aromatic carbocycles. The molecule has 0 aromatic rings. The number of carbonyl (C=O) groups is 1. The second-order valence-corrected chi connectivity index (χ2v) is 4.28. The van der Waals surface area contributed by atoms with Crippen molar-refractivity contribution in [1.29, 1.82) is 0 Å². The van der Waals surface area contributed by atoms with Crippen LogP contribution in [0.1, 0.15) is 0 Å². The number of rotatable bonds is 8. The Morgan fingerprint density at radius 3 is 2.29 bits per heavy atom. The van der Waals surface area contributed by atoms with Gasteiger partial charge in [-0.05, 0) is 0 Å². The minimum absolute atomic E-state index is 0. The third-order valence-corrected chi connectivity index (χ3v) is 2.31. The number of phosphoric ester groups is 1. The fourth-order valence-electron chi connectivity index (χ4n) is 0.513. The van der Waals surface area contributed by atoms with E-state index < -0.39 is 45.8 Å². The van der Waals surface area contributed by atoms with E-state index in [-0.39, 0.29) is 29.6 Å². The molecule has 9 nitrogen and oxygen atoms in total. The maximum Gasteiger partial charge on any atom is 1.00 e. The maximum absolute atomic E-state index is 11.0. The molecule has 0 radical (unpaired) electrons. The zero-order chi connectivity index (χ0) is 12.8. The van der Waals surface area contributed by atoms with Crippen LogP contribution in [0.5, 0.6) is 0 Å². The molecule has 1 unspecified atom stereocenters. The van der Waals surface area contributed by atoms with Crippen LogP contribution < -0.4 is 40.4 Å². The molecular formula is C6H13NNaO8P. The predicted molar refractivity (Wildman–Crippen MR) is 47.8 cm³/mol. The topological polar surface area (TPSA) is 162 Å². The Kier molecular flexibility index (Phi) is 10.9. The van der Waals surface area contributed by atoms with Gasteiger partial charge in [-0.2, -0.15) is 0 Å². The summed E-state index contributed by atoms with van der Waals surface area (Å²) in [5.41, 5.74) is 4.94. The first-order valence-corrected chi connectivity index (χ1v) is 5.65. The molecule has 3 atom stereocenters. The van der Waals surface area contributed by atoms with E-state index in [1.165, 1.54) is 0 Å². The van der Waals surface area contributed by atoms with Crippen molar-refractivity contribution in [3.05, 3.63) is 0 Å². The number of hydrogen-bond donors (Lipinski definition) is 4. The van der Waals surface area contributed by atoms with Gasteiger partial charge in [-0.25, -0.2) is 4.57 Å². The van der Waals surface area contributed by atoms with Crippen molar-refractivity contribution in [3.8, 4) is 0 Å². The fraction of sp³-hybridized carbons (Fsp3) is 0.833. The van der Waals surface area contributed by atoms with Gasteiger partial charge in [0, 0.05) is 0 Å². The van der Waals surface area contributed by atoms with Crippen LogP contribution in [-0.2, 0) is 18.4 Å². The molecule has 0 amide bonds. The molecule has 0 heterocycles. The van der Waals surface area contributed by atoms with Crippen LogP contribution in [0.2, 0.25) is 0 Å². The first-order chi connectivity index (χ1) is 7.28. The first kappa shape index (κ1) is 19.8. The Labute approximate surface area is 119 Å². The number of carbonyl (C=O) groups excluding carboxylic acids is 1. The summed E-state index contributed by atoms with van der Waals surface area (Å²) in [6, 6.07) is -1.56.